The number of rotatable bonds is 5. The van der Waals surface area contributed by atoms with Crippen LogP contribution in [0.4, 0.5) is 0 Å². The van der Waals surface area contributed by atoms with Gasteiger partial charge in [0.05, 0.1) is 11.3 Å². The molecule has 7 heteroatoms. The van der Waals surface area contributed by atoms with E-state index in [9.17, 15) is 4.79 Å². The molecular weight excluding hydrogens is 424 g/mol. The van der Waals surface area contributed by atoms with Gasteiger partial charge in [-0.2, -0.15) is 0 Å². The smallest absolute Gasteiger partial charge is 0.254 e. The molecule has 1 aliphatic rings. The molecule has 34 heavy (non-hydrogen) atoms. The second kappa shape index (κ2) is 8.68. The molecule has 0 radical (unpaired) electrons. The van der Waals surface area contributed by atoms with Gasteiger partial charge < -0.3 is 9.55 Å². The van der Waals surface area contributed by atoms with E-state index in [4.69, 9.17) is 4.98 Å². The van der Waals surface area contributed by atoms with Gasteiger partial charge in [0.1, 0.15) is 12.2 Å². The van der Waals surface area contributed by atoms with Gasteiger partial charge in [-0.15, -0.1) is 0 Å². The minimum atomic E-state index is -0.0667. The predicted molar refractivity (Wildman–Crippen MR) is 131 cm³/mol. The van der Waals surface area contributed by atoms with Crippen LogP contribution in [0.15, 0.2) is 84.3 Å². The van der Waals surface area contributed by atoms with Crippen LogP contribution < -0.4 is 5.56 Å². The summed E-state index contributed by atoms with van der Waals surface area (Å²) >= 11 is 0. The Balaban J connectivity index is 1.29. The molecule has 0 saturated heterocycles. The summed E-state index contributed by atoms with van der Waals surface area (Å²) in [5, 5.41) is 1.27. The molecule has 5 aromatic rings. The van der Waals surface area contributed by atoms with Gasteiger partial charge in [-0.25, -0.2) is 15.0 Å². The molecule has 0 spiro atoms. The first kappa shape index (κ1) is 20.5. The van der Waals surface area contributed by atoms with E-state index in [1.54, 1.807) is 12.4 Å². The highest BCUT2D eigenvalue weighted by Gasteiger charge is 2.23. The maximum absolute atomic E-state index is 12.7. The Morgan fingerprint density at radius 1 is 0.941 bits per heavy atom. The van der Waals surface area contributed by atoms with Gasteiger partial charge in [-0.1, -0.05) is 48.5 Å². The Kier molecular flexibility index (Phi) is 5.24. The zero-order valence-corrected chi connectivity index (χ0v) is 18.7. The molecule has 6 rings (SSSR count). The number of aromatic nitrogens is 5. The van der Waals surface area contributed by atoms with E-state index in [1.165, 1.54) is 28.4 Å². The van der Waals surface area contributed by atoms with E-state index in [0.717, 1.165) is 30.9 Å². The Labute approximate surface area is 196 Å². The number of hydrogen-bond acceptors (Lipinski definition) is 5. The van der Waals surface area contributed by atoms with Gasteiger partial charge >= 0.3 is 0 Å². The predicted octanol–water partition coefficient (Wildman–Crippen LogP) is 3.79. The largest absolute Gasteiger partial charge is 0.343 e. The Hall–Kier alpha value is -4.10. The number of para-hydroxylation sites is 1. The van der Waals surface area contributed by atoms with Crippen LogP contribution in [0, 0.1) is 0 Å². The van der Waals surface area contributed by atoms with E-state index < -0.39 is 0 Å². The molecule has 0 amide bonds. The van der Waals surface area contributed by atoms with Crippen molar-refractivity contribution < 1.29 is 0 Å². The Bertz CT molecular complexity index is 1510. The average Bonchev–Trinajstić information content (AvgIpc) is 3.22. The number of nitrogens with zero attached hydrogens (tertiary/aromatic N) is 5. The second-order valence-electron chi connectivity index (χ2n) is 8.71. The summed E-state index contributed by atoms with van der Waals surface area (Å²) in [4.78, 5) is 30.9. The third kappa shape index (κ3) is 3.91. The normalized spacial score (nSPS) is 13.8. The van der Waals surface area contributed by atoms with Crippen molar-refractivity contribution in [2.24, 2.45) is 0 Å². The molecule has 0 fully saturated rings. The van der Waals surface area contributed by atoms with Gasteiger partial charge in [0.25, 0.3) is 5.56 Å². The highest BCUT2D eigenvalue weighted by molar-refractivity contribution is 5.84. The van der Waals surface area contributed by atoms with Gasteiger partial charge in [-0.3, -0.25) is 9.69 Å². The van der Waals surface area contributed by atoms with Crippen molar-refractivity contribution >= 4 is 10.9 Å². The fourth-order valence-electron chi connectivity index (χ4n) is 4.79. The lowest BCUT2D eigenvalue weighted by Crippen LogP contribution is -2.35. The fourth-order valence-corrected chi connectivity index (χ4v) is 4.79. The zero-order valence-electron chi connectivity index (χ0n) is 18.7. The molecule has 0 saturated carbocycles. The first-order chi connectivity index (χ1) is 16.7. The number of fused-ring (bicyclic) bond motifs is 2. The summed E-state index contributed by atoms with van der Waals surface area (Å²) in [6.07, 6.45) is 7.76. The third-order valence-electron chi connectivity index (χ3n) is 6.45. The molecule has 3 aromatic heterocycles. The van der Waals surface area contributed by atoms with E-state index in [0.29, 0.717) is 24.4 Å². The van der Waals surface area contributed by atoms with Crippen molar-refractivity contribution in [1.29, 1.82) is 0 Å². The van der Waals surface area contributed by atoms with Crippen LogP contribution in [0.5, 0.6) is 0 Å². The van der Waals surface area contributed by atoms with Crippen LogP contribution in [-0.4, -0.2) is 35.9 Å². The Morgan fingerprint density at radius 2 is 1.74 bits per heavy atom. The van der Waals surface area contributed by atoms with Crippen molar-refractivity contribution in [1.82, 2.24) is 29.4 Å². The maximum atomic E-state index is 12.7. The zero-order chi connectivity index (χ0) is 22.9. The minimum Gasteiger partial charge on any atom is -0.343 e. The molecular formula is C27H24N6O. The van der Waals surface area contributed by atoms with Crippen LogP contribution in [-0.2, 0) is 26.1 Å². The highest BCUT2D eigenvalue weighted by Crippen LogP contribution is 2.26. The molecule has 7 nitrogen and oxygen atoms in total. The summed E-state index contributed by atoms with van der Waals surface area (Å²) < 4.78 is 2.33. The summed E-state index contributed by atoms with van der Waals surface area (Å²) in [6.45, 7) is 3.10. The molecule has 168 valence electrons. The van der Waals surface area contributed by atoms with Crippen LogP contribution >= 0.6 is 0 Å². The SMILES string of the molecule is O=c1[nH]c(-c2cncnc2)nc2c1CCN(Cc1cn(Cc3ccccc3)c3ccccc13)C2. The first-order valence-corrected chi connectivity index (χ1v) is 11.4. The van der Waals surface area contributed by atoms with Crippen molar-refractivity contribution in [3.63, 3.8) is 0 Å². The summed E-state index contributed by atoms with van der Waals surface area (Å²) in [7, 11) is 0. The van der Waals surface area contributed by atoms with E-state index in [1.807, 2.05) is 6.07 Å². The first-order valence-electron chi connectivity index (χ1n) is 11.4. The van der Waals surface area contributed by atoms with Crippen molar-refractivity contribution in [3.8, 4) is 11.4 Å². The summed E-state index contributed by atoms with van der Waals surface area (Å²) in [6, 6.07) is 19.1. The number of H-pyrrole nitrogens is 1. The molecule has 0 unspecified atom stereocenters. The molecule has 0 atom stereocenters. The lowest BCUT2D eigenvalue weighted by Gasteiger charge is -2.27. The van der Waals surface area contributed by atoms with Gasteiger partial charge in [-0.05, 0) is 23.6 Å². The van der Waals surface area contributed by atoms with Crippen LogP contribution in [0.1, 0.15) is 22.4 Å². The highest BCUT2D eigenvalue weighted by atomic mass is 16.1. The molecule has 0 bridgehead atoms. The van der Waals surface area contributed by atoms with Gasteiger partial charge in [0, 0.05) is 61.2 Å². The Morgan fingerprint density at radius 3 is 2.59 bits per heavy atom. The lowest BCUT2D eigenvalue weighted by molar-refractivity contribution is 0.241. The average molecular weight is 449 g/mol. The molecule has 1 N–H and O–H groups in total. The molecule has 2 aromatic carbocycles. The number of nitrogens with one attached hydrogen (secondary N) is 1. The van der Waals surface area contributed by atoms with E-state index >= 15 is 0 Å². The number of aromatic amines is 1. The van der Waals surface area contributed by atoms with Gasteiger partial charge in [0.2, 0.25) is 0 Å². The standard InChI is InChI=1S/C27H24N6O/c34-27-23-10-11-32(17-24(23)30-26(31-27)20-12-28-18-29-13-20)15-21-16-33(14-19-6-2-1-3-7-19)25-9-5-4-8-22(21)25/h1-9,12-13,16,18H,10-11,14-15,17H2,(H,30,31,34). The van der Waals surface area contributed by atoms with Crippen LogP contribution in [0.25, 0.3) is 22.3 Å². The third-order valence-corrected chi connectivity index (χ3v) is 6.45. The fraction of sp³-hybridized carbons (Fsp3) is 0.185. The van der Waals surface area contributed by atoms with Gasteiger partial charge in [0.15, 0.2) is 0 Å². The number of benzene rings is 2. The maximum Gasteiger partial charge on any atom is 0.254 e. The van der Waals surface area contributed by atoms with Crippen molar-refractivity contribution in [2.45, 2.75) is 26.1 Å². The minimum absolute atomic E-state index is 0.0667. The monoisotopic (exact) mass is 448 g/mol. The molecule has 0 aliphatic carbocycles. The number of hydrogen-bond donors (Lipinski definition) is 1. The van der Waals surface area contributed by atoms with Crippen molar-refractivity contribution in [3.05, 3.63) is 112 Å². The topological polar surface area (TPSA) is 79.7 Å². The van der Waals surface area contributed by atoms with E-state index in [-0.39, 0.29) is 5.56 Å². The van der Waals surface area contributed by atoms with Crippen molar-refractivity contribution in [2.75, 3.05) is 6.54 Å². The lowest BCUT2D eigenvalue weighted by atomic mass is 10.0. The quantitative estimate of drug-likeness (QED) is 0.443. The van der Waals surface area contributed by atoms with Crippen LogP contribution in [0.2, 0.25) is 0 Å². The second-order valence-corrected chi connectivity index (χ2v) is 8.71. The molecule has 4 heterocycles. The molecule has 1 aliphatic heterocycles. The summed E-state index contributed by atoms with van der Waals surface area (Å²) in [5.74, 6) is 0.519. The van der Waals surface area contributed by atoms with E-state index in [2.05, 4.69) is 79.1 Å². The van der Waals surface area contributed by atoms with Crippen LogP contribution in [0.3, 0.4) is 0 Å². The summed E-state index contributed by atoms with van der Waals surface area (Å²) in [5.41, 5.74) is 6.07.